The van der Waals surface area contributed by atoms with Crippen LogP contribution in [0.3, 0.4) is 0 Å². The predicted molar refractivity (Wildman–Crippen MR) is 54.8 cm³/mol. The number of rotatable bonds is 4. The van der Waals surface area contributed by atoms with Gasteiger partial charge in [0.05, 0.1) is 6.54 Å². The summed E-state index contributed by atoms with van der Waals surface area (Å²) in [5.74, 6) is 1.91. The topological polar surface area (TPSA) is 49.3 Å². The molecule has 0 aliphatic heterocycles. The minimum atomic E-state index is -0.771. The average Bonchev–Trinajstić information content (AvgIpc) is 2.19. The number of hydrogen-bond acceptors (Lipinski definition) is 2. The van der Waals surface area contributed by atoms with E-state index in [1.807, 2.05) is 0 Å². The van der Waals surface area contributed by atoms with E-state index < -0.39 is 12.0 Å². The Balaban J connectivity index is 2.48. The van der Waals surface area contributed by atoms with Crippen molar-refractivity contribution in [2.24, 2.45) is 5.92 Å². The second kappa shape index (κ2) is 5.66. The van der Waals surface area contributed by atoms with Crippen molar-refractivity contribution >= 4 is 5.97 Å². The van der Waals surface area contributed by atoms with Gasteiger partial charge in [-0.05, 0) is 18.8 Å². The molecule has 1 atom stereocenters. The zero-order valence-corrected chi connectivity index (χ0v) is 8.33. The molecule has 1 fully saturated rings. The van der Waals surface area contributed by atoms with Gasteiger partial charge in [-0.1, -0.05) is 25.2 Å². The molecular weight excluding hydrogens is 178 g/mol. The molecule has 1 unspecified atom stereocenters. The molecule has 1 aliphatic rings. The Hall–Kier alpha value is -1.01. The van der Waals surface area contributed by atoms with Crippen LogP contribution in [-0.2, 0) is 4.79 Å². The first-order valence-electron chi connectivity index (χ1n) is 5.15. The van der Waals surface area contributed by atoms with E-state index in [9.17, 15) is 4.79 Å². The Morgan fingerprint density at radius 3 is 2.64 bits per heavy atom. The molecule has 0 aromatic carbocycles. The molecule has 0 spiro atoms. The van der Waals surface area contributed by atoms with E-state index >= 15 is 0 Å². The lowest BCUT2D eigenvalue weighted by Crippen LogP contribution is -2.43. The number of nitrogens with one attached hydrogen (secondary N) is 1. The summed E-state index contributed by atoms with van der Waals surface area (Å²) in [5, 5.41) is 11.9. The van der Waals surface area contributed by atoms with Gasteiger partial charge in [0, 0.05) is 0 Å². The molecule has 0 amide bonds. The van der Waals surface area contributed by atoms with E-state index in [1.165, 1.54) is 6.42 Å². The standard InChI is InChI=1S/C11H17NO2/c1-2-8-12-10(11(13)14)9-6-4-3-5-7-9/h1,9-10,12H,3-8H2,(H,13,14). The fraction of sp³-hybridized carbons (Fsp3) is 0.727. The molecule has 0 aromatic heterocycles. The highest BCUT2D eigenvalue weighted by molar-refractivity contribution is 5.73. The van der Waals surface area contributed by atoms with E-state index in [1.54, 1.807) is 0 Å². The van der Waals surface area contributed by atoms with Crippen LogP contribution in [0, 0.1) is 18.3 Å². The SMILES string of the molecule is C#CCNC(C(=O)O)C1CCCCC1. The van der Waals surface area contributed by atoms with Crippen molar-refractivity contribution in [1.82, 2.24) is 5.32 Å². The van der Waals surface area contributed by atoms with Crippen molar-refractivity contribution < 1.29 is 9.90 Å². The lowest BCUT2D eigenvalue weighted by Gasteiger charge is -2.27. The summed E-state index contributed by atoms with van der Waals surface area (Å²) in [6, 6.07) is -0.452. The minimum absolute atomic E-state index is 0.259. The third-order valence-electron chi connectivity index (χ3n) is 2.81. The van der Waals surface area contributed by atoms with Crippen LogP contribution in [0.4, 0.5) is 0 Å². The summed E-state index contributed by atoms with van der Waals surface area (Å²) in [6.45, 7) is 0.341. The van der Waals surface area contributed by atoms with Gasteiger partial charge in [-0.3, -0.25) is 10.1 Å². The highest BCUT2D eigenvalue weighted by Gasteiger charge is 2.28. The van der Waals surface area contributed by atoms with Crippen molar-refractivity contribution in [1.29, 1.82) is 0 Å². The van der Waals surface area contributed by atoms with Gasteiger partial charge in [0.15, 0.2) is 0 Å². The molecule has 0 saturated heterocycles. The van der Waals surface area contributed by atoms with Crippen LogP contribution in [0.15, 0.2) is 0 Å². The molecule has 0 aromatic rings. The van der Waals surface area contributed by atoms with Gasteiger partial charge in [-0.15, -0.1) is 6.42 Å². The molecule has 1 saturated carbocycles. The number of carboxylic acid groups (broad SMARTS) is 1. The Kier molecular flexibility index (Phi) is 4.48. The number of hydrogen-bond donors (Lipinski definition) is 2. The van der Waals surface area contributed by atoms with E-state index in [4.69, 9.17) is 11.5 Å². The largest absolute Gasteiger partial charge is 0.480 e. The molecule has 3 heteroatoms. The van der Waals surface area contributed by atoms with Crippen LogP contribution in [0.25, 0.3) is 0 Å². The van der Waals surface area contributed by atoms with E-state index in [2.05, 4.69) is 11.2 Å². The highest BCUT2D eigenvalue weighted by Crippen LogP contribution is 2.26. The predicted octanol–water partition coefficient (Wildman–Crippen LogP) is 1.24. The Morgan fingerprint density at radius 1 is 1.50 bits per heavy atom. The normalized spacial score (nSPS) is 19.9. The maximum absolute atomic E-state index is 11.0. The van der Waals surface area contributed by atoms with E-state index in [0.29, 0.717) is 6.54 Å². The molecule has 0 bridgehead atoms. The third kappa shape index (κ3) is 3.04. The van der Waals surface area contributed by atoms with Gasteiger partial charge in [0.2, 0.25) is 0 Å². The van der Waals surface area contributed by atoms with Crippen molar-refractivity contribution in [3.05, 3.63) is 0 Å². The first-order valence-corrected chi connectivity index (χ1v) is 5.15. The molecule has 14 heavy (non-hydrogen) atoms. The van der Waals surface area contributed by atoms with Crippen LogP contribution >= 0.6 is 0 Å². The molecule has 3 nitrogen and oxygen atoms in total. The lowest BCUT2D eigenvalue weighted by molar-refractivity contribution is -0.141. The molecule has 1 aliphatic carbocycles. The van der Waals surface area contributed by atoms with E-state index in [-0.39, 0.29) is 5.92 Å². The third-order valence-corrected chi connectivity index (χ3v) is 2.81. The monoisotopic (exact) mass is 195 g/mol. The molecule has 0 radical (unpaired) electrons. The molecule has 1 rings (SSSR count). The summed E-state index contributed by atoms with van der Waals surface area (Å²) in [5.41, 5.74) is 0. The van der Waals surface area contributed by atoms with E-state index in [0.717, 1.165) is 25.7 Å². The van der Waals surface area contributed by atoms with Crippen LogP contribution in [0.1, 0.15) is 32.1 Å². The highest BCUT2D eigenvalue weighted by atomic mass is 16.4. The summed E-state index contributed by atoms with van der Waals surface area (Å²) in [7, 11) is 0. The Morgan fingerprint density at radius 2 is 2.14 bits per heavy atom. The molecule has 78 valence electrons. The number of carbonyl (C=O) groups is 1. The Bertz CT molecular complexity index is 226. The van der Waals surface area contributed by atoms with Gasteiger partial charge < -0.3 is 5.11 Å². The Labute approximate surface area is 84.9 Å². The molecular formula is C11H17NO2. The summed E-state index contributed by atoms with van der Waals surface area (Å²) < 4.78 is 0. The van der Waals surface area contributed by atoms with Crippen molar-refractivity contribution in [2.75, 3.05) is 6.54 Å². The molecule has 2 N–H and O–H groups in total. The maximum atomic E-state index is 11.0. The zero-order valence-electron chi connectivity index (χ0n) is 8.33. The second-order valence-electron chi connectivity index (χ2n) is 3.80. The van der Waals surface area contributed by atoms with Crippen LogP contribution in [0.2, 0.25) is 0 Å². The number of carboxylic acids is 1. The summed E-state index contributed by atoms with van der Waals surface area (Å²) in [4.78, 5) is 11.0. The quantitative estimate of drug-likeness (QED) is 0.664. The van der Waals surface area contributed by atoms with Crippen LogP contribution in [0.5, 0.6) is 0 Å². The maximum Gasteiger partial charge on any atom is 0.321 e. The minimum Gasteiger partial charge on any atom is -0.480 e. The summed E-state index contributed by atoms with van der Waals surface area (Å²) >= 11 is 0. The van der Waals surface area contributed by atoms with Crippen molar-refractivity contribution in [3.63, 3.8) is 0 Å². The average molecular weight is 195 g/mol. The smallest absolute Gasteiger partial charge is 0.321 e. The van der Waals surface area contributed by atoms with Gasteiger partial charge in [-0.2, -0.15) is 0 Å². The van der Waals surface area contributed by atoms with Crippen molar-refractivity contribution in [3.8, 4) is 12.3 Å². The van der Waals surface area contributed by atoms with Crippen LogP contribution < -0.4 is 5.32 Å². The lowest BCUT2D eigenvalue weighted by atomic mass is 9.84. The number of aliphatic carboxylic acids is 1. The first kappa shape index (κ1) is 11.1. The summed E-state index contributed by atoms with van der Waals surface area (Å²) in [6.07, 6.45) is 10.6. The van der Waals surface area contributed by atoms with Gasteiger partial charge in [-0.25, -0.2) is 0 Å². The molecule has 0 heterocycles. The van der Waals surface area contributed by atoms with Crippen LogP contribution in [-0.4, -0.2) is 23.7 Å². The zero-order chi connectivity index (χ0) is 10.4. The second-order valence-corrected chi connectivity index (χ2v) is 3.80. The fourth-order valence-corrected chi connectivity index (χ4v) is 2.09. The van der Waals surface area contributed by atoms with Crippen molar-refractivity contribution in [2.45, 2.75) is 38.1 Å². The number of terminal acetylenes is 1. The van der Waals surface area contributed by atoms with Gasteiger partial charge >= 0.3 is 5.97 Å². The first-order chi connectivity index (χ1) is 6.75. The van der Waals surface area contributed by atoms with Gasteiger partial charge in [0.1, 0.15) is 6.04 Å². The fourth-order valence-electron chi connectivity index (χ4n) is 2.09. The van der Waals surface area contributed by atoms with Gasteiger partial charge in [0.25, 0.3) is 0 Å².